The third kappa shape index (κ3) is 3.43. The van der Waals surface area contributed by atoms with Gasteiger partial charge in [-0.1, -0.05) is 13.3 Å². The van der Waals surface area contributed by atoms with Gasteiger partial charge in [-0.05, 0) is 30.2 Å². The summed E-state index contributed by atoms with van der Waals surface area (Å²) in [4.78, 5) is 11.9. The first-order chi connectivity index (χ1) is 9.41. The molecule has 0 aliphatic carbocycles. The third-order valence-corrected chi connectivity index (χ3v) is 4.46. The van der Waals surface area contributed by atoms with Gasteiger partial charge in [-0.2, -0.15) is 0 Å². The van der Waals surface area contributed by atoms with Gasteiger partial charge in [-0.3, -0.25) is 4.79 Å². The lowest BCUT2D eigenvalue weighted by Crippen LogP contribution is -2.37. The molecule has 5 nitrogen and oxygen atoms in total. The van der Waals surface area contributed by atoms with E-state index in [0.717, 1.165) is 12.8 Å². The molecular weight excluding hydrogens is 302 g/mol. The van der Waals surface area contributed by atoms with Gasteiger partial charge in [0.05, 0.1) is 4.90 Å². The Hall–Kier alpha value is -1.27. The molecule has 1 aromatic rings. The second-order valence-electron chi connectivity index (χ2n) is 4.66. The molecule has 1 amide bonds. The maximum Gasteiger partial charge on any atom is 0.261 e. The number of amides is 1. The van der Waals surface area contributed by atoms with Crippen LogP contribution in [0.5, 0.6) is 5.75 Å². The van der Waals surface area contributed by atoms with Crippen molar-refractivity contribution in [3.63, 3.8) is 0 Å². The van der Waals surface area contributed by atoms with Crippen LogP contribution >= 0.6 is 10.7 Å². The monoisotopic (exact) mass is 317 g/mol. The minimum atomic E-state index is -3.76. The van der Waals surface area contributed by atoms with Gasteiger partial charge in [0.25, 0.3) is 15.0 Å². The molecule has 20 heavy (non-hydrogen) atoms. The lowest BCUT2D eigenvalue weighted by molar-refractivity contribution is -0.127. The number of halogens is 1. The Kier molecular flexibility index (Phi) is 4.55. The average Bonchev–Trinajstić information content (AvgIpc) is 2.80. The zero-order valence-electron chi connectivity index (χ0n) is 11.1. The zero-order chi connectivity index (χ0) is 14.8. The molecule has 0 saturated carbocycles. The Morgan fingerprint density at radius 2 is 2.25 bits per heavy atom. The Balaban J connectivity index is 2.06. The third-order valence-electron chi connectivity index (χ3n) is 3.11. The molecule has 1 atom stereocenters. The van der Waals surface area contributed by atoms with Crippen molar-refractivity contribution in [2.45, 2.75) is 37.2 Å². The van der Waals surface area contributed by atoms with Crippen molar-refractivity contribution in [2.24, 2.45) is 0 Å². The molecule has 2 rings (SSSR count). The van der Waals surface area contributed by atoms with Crippen molar-refractivity contribution < 1.29 is 17.9 Å². The van der Waals surface area contributed by atoms with E-state index in [1.54, 1.807) is 0 Å². The molecule has 1 aliphatic rings. The van der Waals surface area contributed by atoms with E-state index in [1.807, 2.05) is 6.92 Å². The number of benzene rings is 1. The van der Waals surface area contributed by atoms with E-state index in [-0.39, 0.29) is 10.8 Å². The molecule has 1 aliphatic heterocycles. The molecule has 1 unspecified atom stereocenters. The highest BCUT2D eigenvalue weighted by Crippen LogP contribution is 2.31. The molecule has 7 heteroatoms. The van der Waals surface area contributed by atoms with Crippen molar-refractivity contribution >= 4 is 25.6 Å². The second kappa shape index (κ2) is 6.01. The van der Waals surface area contributed by atoms with Gasteiger partial charge in [-0.25, -0.2) is 8.42 Å². The van der Waals surface area contributed by atoms with Gasteiger partial charge in [0, 0.05) is 23.6 Å². The Labute approximate surface area is 122 Å². The fraction of sp³-hybridized carbons (Fsp3) is 0.462. The Morgan fingerprint density at radius 1 is 1.50 bits per heavy atom. The Bertz CT molecular complexity index is 615. The van der Waals surface area contributed by atoms with E-state index in [2.05, 4.69) is 5.32 Å². The number of nitrogens with one attached hydrogen (secondary N) is 1. The summed E-state index contributed by atoms with van der Waals surface area (Å²) in [6, 6.07) is 4.36. The predicted octanol–water partition coefficient (Wildman–Crippen LogP) is 1.83. The standard InChI is InChI=1S/C13H16ClNO4S/c1-2-3-6-15-13(16)12-8-9-7-10(20(14,17)18)4-5-11(9)19-12/h4-5,7,12H,2-3,6,8H2,1H3,(H,15,16). The van der Waals surface area contributed by atoms with Gasteiger partial charge in [0.2, 0.25) is 0 Å². The Morgan fingerprint density at radius 3 is 2.90 bits per heavy atom. The number of carbonyl (C=O) groups is 1. The van der Waals surface area contributed by atoms with Crippen LogP contribution in [-0.4, -0.2) is 27.0 Å². The largest absolute Gasteiger partial charge is 0.480 e. The highest BCUT2D eigenvalue weighted by molar-refractivity contribution is 8.13. The predicted molar refractivity (Wildman–Crippen MR) is 75.5 cm³/mol. The molecule has 0 saturated heterocycles. The fourth-order valence-electron chi connectivity index (χ4n) is 2.03. The van der Waals surface area contributed by atoms with Crippen molar-refractivity contribution in [1.82, 2.24) is 5.32 Å². The van der Waals surface area contributed by atoms with Crippen LogP contribution in [0, 0.1) is 0 Å². The normalized spacial score (nSPS) is 17.4. The van der Waals surface area contributed by atoms with Gasteiger partial charge in [0.1, 0.15) is 5.75 Å². The van der Waals surface area contributed by atoms with Crippen LogP contribution in [-0.2, 0) is 20.3 Å². The molecule has 0 aromatic heterocycles. The first kappa shape index (κ1) is 15.1. The number of rotatable bonds is 5. The summed E-state index contributed by atoms with van der Waals surface area (Å²) in [6.07, 6.45) is 1.67. The van der Waals surface area contributed by atoms with Gasteiger partial charge in [-0.15, -0.1) is 0 Å². The van der Waals surface area contributed by atoms with E-state index in [4.69, 9.17) is 15.4 Å². The number of carbonyl (C=O) groups excluding carboxylic acids is 1. The van der Waals surface area contributed by atoms with Crippen LogP contribution in [0.15, 0.2) is 23.1 Å². The molecule has 0 fully saturated rings. The van der Waals surface area contributed by atoms with Crippen LogP contribution in [0.25, 0.3) is 0 Å². The number of ether oxygens (including phenoxy) is 1. The molecule has 110 valence electrons. The lowest BCUT2D eigenvalue weighted by Gasteiger charge is -2.10. The van der Waals surface area contributed by atoms with Gasteiger partial charge < -0.3 is 10.1 Å². The molecule has 1 N–H and O–H groups in total. The van der Waals surface area contributed by atoms with Crippen LogP contribution < -0.4 is 10.1 Å². The van der Waals surface area contributed by atoms with Crippen molar-refractivity contribution in [3.05, 3.63) is 23.8 Å². The summed E-state index contributed by atoms with van der Waals surface area (Å²) in [5.74, 6) is 0.356. The minimum absolute atomic E-state index is 0.0218. The summed E-state index contributed by atoms with van der Waals surface area (Å²) in [5.41, 5.74) is 0.683. The topological polar surface area (TPSA) is 72.5 Å². The number of fused-ring (bicyclic) bond motifs is 1. The fourth-order valence-corrected chi connectivity index (χ4v) is 2.83. The summed E-state index contributed by atoms with van der Waals surface area (Å²) >= 11 is 0. The molecule has 0 bridgehead atoms. The van der Waals surface area contributed by atoms with E-state index in [9.17, 15) is 13.2 Å². The maximum atomic E-state index is 11.9. The van der Waals surface area contributed by atoms with Crippen molar-refractivity contribution in [2.75, 3.05) is 6.54 Å². The second-order valence-corrected chi connectivity index (χ2v) is 7.23. The minimum Gasteiger partial charge on any atom is -0.480 e. The number of hydrogen-bond donors (Lipinski definition) is 1. The molecule has 0 radical (unpaired) electrons. The van der Waals surface area contributed by atoms with E-state index in [1.165, 1.54) is 18.2 Å². The van der Waals surface area contributed by atoms with E-state index < -0.39 is 15.2 Å². The summed E-state index contributed by atoms with van der Waals surface area (Å²) < 4.78 is 28.1. The first-order valence-electron chi connectivity index (χ1n) is 6.43. The molecular formula is C13H16ClNO4S. The van der Waals surface area contributed by atoms with Gasteiger partial charge in [0.15, 0.2) is 6.10 Å². The van der Waals surface area contributed by atoms with Crippen LogP contribution in [0.3, 0.4) is 0 Å². The summed E-state index contributed by atoms with van der Waals surface area (Å²) in [6.45, 7) is 2.66. The van der Waals surface area contributed by atoms with Crippen molar-refractivity contribution in [3.8, 4) is 5.75 Å². The summed E-state index contributed by atoms with van der Waals surface area (Å²) in [5, 5.41) is 2.80. The number of unbranched alkanes of at least 4 members (excludes halogenated alkanes) is 1. The number of hydrogen-bond acceptors (Lipinski definition) is 4. The highest BCUT2D eigenvalue weighted by Gasteiger charge is 2.29. The highest BCUT2D eigenvalue weighted by atomic mass is 35.7. The molecule has 1 aromatic carbocycles. The van der Waals surface area contributed by atoms with Crippen LogP contribution in [0.1, 0.15) is 25.3 Å². The molecule has 1 heterocycles. The first-order valence-corrected chi connectivity index (χ1v) is 8.74. The quantitative estimate of drug-likeness (QED) is 0.664. The summed E-state index contributed by atoms with van der Waals surface area (Å²) in [7, 11) is 1.53. The zero-order valence-corrected chi connectivity index (χ0v) is 12.6. The van der Waals surface area contributed by atoms with Crippen LogP contribution in [0.2, 0.25) is 0 Å². The SMILES string of the molecule is CCCCNC(=O)C1Cc2cc(S(=O)(=O)Cl)ccc2O1. The molecule has 0 spiro atoms. The smallest absolute Gasteiger partial charge is 0.261 e. The van der Waals surface area contributed by atoms with E-state index in [0.29, 0.717) is 24.3 Å². The average molecular weight is 318 g/mol. The van der Waals surface area contributed by atoms with Gasteiger partial charge >= 0.3 is 0 Å². The van der Waals surface area contributed by atoms with Crippen LogP contribution in [0.4, 0.5) is 0 Å². The van der Waals surface area contributed by atoms with Crippen molar-refractivity contribution in [1.29, 1.82) is 0 Å². The lowest BCUT2D eigenvalue weighted by atomic mass is 10.1. The maximum absolute atomic E-state index is 11.9. The van der Waals surface area contributed by atoms with E-state index >= 15 is 0 Å².